The van der Waals surface area contributed by atoms with Crippen LogP contribution in [0.5, 0.6) is 0 Å². The molecule has 102 valence electrons. The molecule has 17 heavy (non-hydrogen) atoms. The molecule has 3 nitrogen and oxygen atoms in total. The van der Waals surface area contributed by atoms with Gasteiger partial charge < -0.3 is 10.6 Å². The van der Waals surface area contributed by atoms with Gasteiger partial charge in [-0.2, -0.15) is 0 Å². The lowest BCUT2D eigenvalue weighted by molar-refractivity contribution is -0.123. The Morgan fingerprint density at radius 3 is 2.29 bits per heavy atom. The molecule has 0 aliphatic heterocycles. The lowest BCUT2D eigenvalue weighted by Gasteiger charge is -2.25. The highest BCUT2D eigenvalue weighted by Gasteiger charge is 2.21. The molecular weight excluding hydrogens is 212 g/mol. The molecule has 3 heteroatoms. The molecule has 0 saturated heterocycles. The fraction of sp³-hybridized carbons (Fsp3) is 0.929. The predicted octanol–water partition coefficient (Wildman–Crippen LogP) is 2.71. The number of carbonyl (C=O) groups excluding carboxylic acids is 1. The first kappa shape index (κ1) is 16.4. The van der Waals surface area contributed by atoms with Crippen molar-refractivity contribution < 1.29 is 4.79 Å². The fourth-order valence-electron chi connectivity index (χ4n) is 2.04. The minimum atomic E-state index is -0.0400. The minimum Gasteiger partial charge on any atom is -0.358 e. The number of rotatable bonds is 9. The molecule has 2 unspecified atom stereocenters. The van der Waals surface area contributed by atoms with E-state index in [0.29, 0.717) is 12.0 Å². The third-order valence-electron chi connectivity index (χ3n) is 3.11. The van der Waals surface area contributed by atoms with Crippen molar-refractivity contribution in [2.45, 2.75) is 71.9 Å². The van der Waals surface area contributed by atoms with Crippen molar-refractivity contribution in [1.82, 2.24) is 10.6 Å². The van der Waals surface area contributed by atoms with E-state index in [1.165, 1.54) is 19.3 Å². The van der Waals surface area contributed by atoms with E-state index in [9.17, 15) is 4.79 Å². The highest BCUT2D eigenvalue weighted by Crippen LogP contribution is 2.10. The average molecular weight is 242 g/mol. The molecule has 0 aromatic rings. The summed E-state index contributed by atoms with van der Waals surface area (Å²) in [5.41, 5.74) is 0. The second-order valence-electron chi connectivity index (χ2n) is 5.21. The molecule has 0 saturated carbocycles. The molecule has 0 fully saturated rings. The highest BCUT2D eigenvalue weighted by atomic mass is 16.2. The number of hydrogen-bond donors (Lipinski definition) is 2. The molecular formula is C14H30N2O. The summed E-state index contributed by atoms with van der Waals surface area (Å²) in [6.45, 7) is 8.70. The number of carbonyl (C=O) groups is 1. The van der Waals surface area contributed by atoms with Crippen molar-refractivity contribution in [2.75, 3.05) is 7.05 Å². The summed E-state index contributed by atoms with van der Waals surface area (Å²) >= 11 is 0. The molecule has 0 aliphatic carbocycles. The first-order valence-electron chi connectivity index (χ1n) is 7.02. The van der Waals surface area contributed by atoms with Gasteiger partial charge in [0.1, 0.15) is 0 Å². The highest BCUT2D eigenvalue weighted by molar-refractivity contribution is 5.81. The zero-order valence-corrected chi connectivity index (χ0v) is 12.2. The van der Waals surface area contributed by atoms with Crippen LogP contribution in [0.3, 0.4) is 0 Å². The van der Waals surface area contributed by atoms with Gasteiger partial charge in [0.05, 0.1) is 6.04 Å². The summed E-state index contributed by atoms with van der Waals surface area (Å²) < 4.78 is 0. The second kappa shape index (κ2) is 9.46. The number of nitrogens with one attached hydrogen (secondary N) is 2. The van der Waals surface area contributed by atoms with Crippen LogP contribution in [0.1, 0.15) is 59.8 Å². The van der Waals surface area contributed by atoms with Crippen LogP contribution in [0.4, 0.5) is 0 Å². The van der Waals surface area contributed by atoms with Gasteiger partial charge in [-0.3, -0.25) is 4.79 Å². The molecule has 0 aromatic heterocycles. The minimum absolute atomic E-state index is 0.0400. The third kappa shape index (κ3) is 7.37. The van der Waals surface area contributed by atoms with Crippen molar-refractivity contribution in [3.05, 3.63) is 0 Å². The van der Waals surface area contributed by atoms with E-state index in [1.54, 1.807) is 7.05 Å². The molecule has 0 bridgehead atoms. The van der Waals surface area contributed by atoms with Crippen LogP contribution in [0, 0.1) is 5.92 Å². The molecule has 0 spiro atoms. The largest absolute Gasteiger partial charge is 0.358 e. The maximum Gasteiger partial charge on any atom is 0.236 e. The molecule has 0 radical (unpaired) electrons. The van der Waals surface area contributed by atoms with Crippen LogP contribution in [-0.4, -0.2) is 25.0 Å². The van der Waals surface area contributed by atoms with Crippen molar-refractivity contribution in [3.63, 3.8) is 0 Å². The molecule has 0 rings (SSSR count). The Kier molecular flexibility index (Phi) is 9.14. The van der Waals surface area contributed by atoms with E-state index < -0.39 is 0 Å². The summed E-state index contributed by atoms with van der Waals surface area (Å²) in [7, 11) is 1.71. The van der Waals surface area contributed by atoms with Gasteiger partial charge in [0.25, 0.3) is 0 Å². The summed E-state index contributed by atoms with van der Waals surface area (Å²) in [6.07, 6.45) is 5.60. The molecule has 1 amide bonds. The van der Waals surface area contributed by atoms with E-state index >= 15 is 0 Å². The Bertz CT molecular complexity index is 204. The molecule has 2 atom stereocenters. The molecule has 0 aromatic carbocycles. The fourth-order valence-corrected chi connectivity index (χ4v) is 2.04. The zero-order valence-electron chi connectivity index (χ0n) is 12.2. The van der Waals surface area contributed by atoms with Crippen LogP contribution < -0.4 is 10.6 Å². The average Bonchev–Trinajstić information content (AvgIpc) is 2.31. The molecule has 0 heterocycles. The summed E-state index contributed by atoms with van der Waals surface area (Å²) in [5.74, 6) is 0.655. The van der Waals surface area contributed by atoms with Gasteiger partial charge in [0.2, 0.25) is 5.91 Å². The maximum absolute atomic E-state index is 11.8. The first-order chi connectivity index (χ1) is 8.04. The van der Waals surface area contributed by atoms with E-state index in [-0.39, 0.29) is 11.9 Å². The van der Waals surface area contributed by atoms with Crippen LogP contribution in [0.15, 0.2) is 0 Å². The Labute approximate surface area is 107 Å². The van der Waals surface area contributed by atoms with Crippen molar-refractivity contribution >= 4 is 5.91 Å². The SMILES string of the molecule is CCCCC(CC)NC(CC(C)C)C(=O)NC. The van der Waals surface area contributed by atoms with Gasteiger partial charge in [0.15, 0.2) is 0 Å². The number of likely N-dealkylation sites (N-methyl/N-ethyl adjacent to an activating group) is 1. The smallest absolute Gasteiger partial charge is 0.236 e. The standard InChI is InChI=1S/C14H30N2O/c1-6-8-9-12(7-2)16-13(10-11(3)4)14(17)15-5/h11-13,16H,6-10H2,1-5H3,(H,15,17). The van der Waals surface area contributed by atoms with Gasteiger partial charge in [-0.05, 0) is 25.2 Å². The Morgan fingerprint density at radius 1 is 1.24 bits per heavy atom. The van der Waals surface area contributed by atoms with Crippen LogP contribution in [-0.2, 0) is 4.79 Å². The normalized spacial score (nSPS) is 14.7. The topological polar surface area (TPSA) is 41.1 Å². The van der Waals surface area contributed by atoms with Gasteiger partial charge >= 0.3 is 0 Å². The van der Waals surface area contributed by atoms with Crippen LogP contribution in [0.25, 0.3) is 0 Å². The van der Waals surface area contributed by atoms with E-state index in [0.717, 1.165) is 12.8 Å². The van der Waals surface area contributed by atoms with Crippen molar-refractivity contribution in [2.24, 2.45) is 5.92 Å². The lowest BCUT2D eigenvalue weighted by atomic mass is 10.00. The summed E-state index contributed by atoms with van der Waals surface area (Å²) in [6, 6.07) is 0.429. The van der Waals surface area contributed by atoms with Gasteiger partial charge in [-0.1, -0.05) is 40.5 Å². The predicted molar refractivity (Wildman–Crippen MR) is 74.0 cm³/mol. The number of amides is 1. The monoisotopic (exact) mass is 242 g/mol. The Balaban J connectivity index is 4.32. The maximum atomic E-state index is 11.8. The van der Waals surface area contributed by atoms with Crippen molar-refractivity contribution in [3.8, 4) is 0 Å². The third-order valence-corrected chi connectivity index (χ3v) is 3.11. The molecule has 2 N–H and O–H groups in total. The molecule has 0 aliphatic rings. The quantitative estimate of drug-likeness (QED) is 0.653. The Hall–Kier alpha value is -0.570. The van der Waals surface area contributed by atoms with Crippen LogP contribution >= 0.6 is 0 Å². The number of hydrogen-bond acceptors (Lipinski definition) is 2. The first-order valence-corrected chi connectivity index (χ1v) is 7.02. The van der Waals surface area contributed by atoms with Gasteiger partial charge in [-0.15, -0.1) is 0 Å². The zero-order chi connectivity index (χ0) is 13.3. The lowest BCUT2D eigenvalue weighted by Crippen LogP contribution is -2.48. The summed E-state index contributed by atoms with van der Waals surface area (Å²) in [4.78, 5) is 11.8. The Morgan fingerprint density at radius 2 is 1.88 bits per heavy atom. The number of unbranched alkanes of at least 4 members (excludes halogenated alkanes) is 1. The van der Waals surface area contributed by atoms with Gasteiger partial charge in [0, 0.05) is 13.1 Å². The van der Waals surface area contributed by atoms with Gasteiger partial charge in [-0.25, -0.2) is 0 Å². The second-order valence-corrected chi connectivity index (χ2v) is 5.21. The summed E-state index contributed by atoms with van der Waals surface area (Å²) in [5, 5.41) is 6.26. The van der Waals surface area contributed by atoms with E-state index in [2.05, 4.69) is 38.3 Å². The van der Waals surface area contributed by atoms with E-state index in [1.807, 2.05) is 0 Å². The van der Waals surface area contributed by atoms with Crippen LogP contribution in [0.2, 0.25) is 0 Å². The van der Waals surface area contributed by atoms with Crippen molar-refractivity contribution in [1.29, 1.82) is 0 Å². The van der Waals surface area contributed by atoms with E-state index in [4.69, 9.17) is 0 Å².